The van der Waals surface area contributed by atoms with E-state index in [0.717, 1.165) is 5.56 Å². The molecule has 1 aromatic rings. The predicted molar refractivity (Wildman–Crippen MR) is 42.1 cm³/mol. The molecule has 0 saturated heterocycles. The highest BCUT2D eigenvalue weighted by atomic mass is 16.3. The number of rotatable bonds is 1. The summed E-state index contributed by atoms with van der Waals surface area (Å²) in [5, 5.41) is 17.6. The smallest absolute Gasteiger partial charge is 0.115 e. The molecule has 0 saturated carbocycles. The predicted octanol–water partition coefficient (Wildman–Crippen LogP) is 2.02. The molecule has 0 aliphatic rings. The second kappa shape index (κ2) is 3.07. The molecule has 0 bridgehead atoms. The van der Waals surface area contributed by atoms with Gasteiger partial charge < -0.3 is 5.11 Å². The van der Waals surface area contributed by atoms with Gasteiger partial charge >= 0.3 is 0 Å². The molecule has 0 amide bonds. The highest BCUT2D eigenvalue weighted by molar-refractivity contribution is 5.31. The number of benzene rings is 1. The molecule has 0 heterocycles. The van der Waals surface area contributed by atoms with E-state index in [2.05, 4.69) is 6.07 Å². The van der Waals surface area contributed by atoms with Crippen LogP contribution in [0.5, 0.6) is 5.75 Å². The van der Waals surface area contributed by atoms with Gasteiger partial charge in [-0.2, -0.15) is 5.26 Å². The molecule has 0 spiro atoms. The minimum atomic E-state index is -0.151. The van der Waals surface area contributed by atoms with E-state index in [1.54, 1.807) is 25.1 Å². The second-order valence-electron chi connectivity index (χ2n) is 2.45. The maximum atomic E-state index is 9.05. The van der Waals surface area contributed by atoms with E-state index in [9.17, 15) is 0 Å². The number of phenolic OH excluding ortho intramolecular Hbond substituents is 1. The van der Waals surface area contributed by atoms with Gasteiger partial charge in [-0.05, 0) is 24.6 Å². The summed E-state index contributed by atoms with van der Waals surface area (Å²) in [7, 11) is 0. The van der Waals surface area contributed by atoms with Crippen molar-refractivity contribution in [3.05, 3.63) is 29.8 Å². The Hall–Kier alpha value is -1.49. The first-order valence-corrected chi connectivity index (χ1v) is 3.42. The Kier molecular flexibility index (Phi) is 2.12. The van der Waals surface area contributed by atoms with Gasteiger partial charge in [-0.3, -0.25) is 0 Å². The summed E-state index contributed by atoms with van der Waals surface area (Å²) in [6.07, 6.45) is 0. The van der Waals surface area contributed by atoms with Gasteiger partial charge in [-0.15, -0.1) is 0 Å². The summed E-state index contributed by atoms with van der Waals surface area (Å²) in [4.78, 5) is 0. The standard InChI is InChI=1S/C9H9NO/c1-7(6-10)8-3-2-4-9(11)5-8/h2-5,7,11H,1H3/t7-/m1/s1. The Morgan fingerprint density at radius 2 is 2.27 bits per heavy atom. The van der Waals surface area contributed by atoms with E-state index in [-0.39, 0.29) is 11.7 Å². The summed E-state index contributed by atoms with van der Waals surface area (Å²) >= 11 is 0. The molecule has 0 radical (unpaired) electrons. The number of hydrogen-bond acceptors (Lipinski definition) is 2. The van der Waals surface area contributed by atoms with E-state index < -0.39 is 0 Å². The fourth-order valence-electron chi connectivity index (χ4n) is 0.869. The van der Waals surface area contributed by atoms with Crippen LogP contribution in [-0.2, 0) is 0 Å². The molecule has 2 heteroatoms. The molecule has 0 fully saturated rings. The normalized spacial score (nSPS) is 12.0. The first-order chi connectivity index (χ1) is 5.24. The van der Waals surface area contributed by atoms with E-state index in [4.69, 9.17) is 10.4 Å². The average Bonchev–Trinajstić information content (AvgIpc) is 2.03. The van der Waals surface area contributed by atoms with Crippen LogP contribution < -0.4 is 0 Å². The Balaban J connectivity index is 2.98. The molecule has 11 heavy (non-hydrogen) atoms. The summed E-state index contributed by atoms with van der Waals surface area (Å²) in [6, 6.07) is 8.85. The van der Waals surface area contributed by atoms with Crippen LogP contribution in [0.3, 0.4) is 0 Å². The topological polar surface area (TPSA) is 44.0 Å². The zero-order valence-corrected chi connectivity index (χ0v) is 6.28. The maximum Gasteiger partial charge on any atom is 0.115 e. The van der Waals surface area contributed by atoms with Gasteiger partial charge in [0.05, 0.1) is 12.0 Å². The first kappa shape index (κ1) is 7.62. The van der Waals surface area contributed by atoms with Gasteiger partial charge in [0.1, 0.15) is 5.75 Å². The lowest BCUT2D eigenvalue weighted by molar-refractivity contribution is 0.474. The van der Waals surface area contributed by atoms with Gasteiger partial charge in [-0.1, -0.05) is 12.1 Å². The van der Waals surface area contributed by atoms with Crippen LogP contribution in [0.4, 0.5) is 0 Å². The van der Waals surface area contributed by atoms with Crippen LogP contribution in [0, 0.1) is 11.3 Å². The highest BCUT2D eigenvalue weighted by Gasteiger charge is 2.02. The summed E-state index contributed by atoms with van der Waals surface area (Å²) in [5.74, 6) is 0.0618. The summed E-state index contributed by atoms with van der Waals surface area (Å²) < 4.78 is 0. The van der Waals surface area contributed by atoms with Crippen LogP contribution in [-0.4, -0.2) is 5.11 Å². The third kappa shape index (κ3) is 1.71. The number of aromatic hydroxyl groups is 1. The molecule has 1 rings (SSSR count). The number of nitrogens with zero attached hydrogens (tertiary/aromatic N) is 1. The molecule has 0 aromatic heterocycles. The molecule has 2 nitrogen and oxygen atoms in total. The lowest BCUT2D eigenvalue weighted by atomic mass is 10.0. The molecule has 56 valence electrons. The molecule has 0 unspecified atom stereocenters. The van der Waals surface area contributed by atoms with Gasteiger partial charge in [0.25, 0.3) is 0 Å². The minimum absolute atomic E-state index is 0.151. The van der Waals surface area contributed by atoms with Gasteiger partial charge in [0.15, 0.2) is 0 Å². The van der Waals surface area contributed by atoms with Gasteiger partial charge in [0, 0.05) is 0 Å². The fraction of sp³-hybridized carbons (Fsp3) is 0.222. The number of hydrogen-bond donors (Lipinski definition) is 1. The lowest BCUT2D eigenvalue weighted by Crippen LogP contribution is -1.87. The molecular formula is C9H9NO. The van der Waals surface area contributed by atoms with Crippen molar-refractivity contribution in [1.82, 2.24) is 0 Å². The van der Waals surface area contributed by atoms with E-state index >= 15 is 0 Å². The van der Waals surface area contributed by atoms with Crippen molar-refractivity contribution in [2.24, 2.45) is 0 Å². The van der Waals surface area contributed by atoms with Crippen molar-refractivity contribution in [1.29, 1.82) is 5.26 Å². The Labute approximate surface area is 65.7 Å². The lowest BCUT2D eigenvalue weighted by Gasteiger charge is -2.01. The van der Waals surface area contributed by atoms with Crippen molar-refractivity contribution >= 4 is 0 Å². The van der Waals surface area contributed by atoms with Crippen molar-refractivity contribution in [3.63, 3.8) is 0 Å². The van der Waals surface area contributed by atoms with Crippen LogP contribution in [0.25, 0.3) is 0 Å². The fourth-order valence-corrected chi connectivity index (χ4v) is 0.869. The molecule has 1 N–H and O–H groups in total. The first-order valence-electron chi connectivity index (χ1n) is 3.42. The second-order valence-corrected chi connectivity index (χ2v) is 2.45. The zero-order chi connectivity index (χ0) is 8.27. The molecule has 1 aromatic carbocycles. The van der Waals surface area contributed by atoms with Crippen LogP contribution in [0.2, 0.25) is 0 Å². The van der Waals surface area contributed by atoms with Gasteiger partial charge in [0.2, 0.25) is 0 Å². The van der Waals surface area contributed by atoms with E-state index in [1.165, 1.54) is 0 Å². The van der Waals surface area contributed by atoms with Crippen molar-refractivity contribution in [2.45, 2.75) is 12.8 Å². The van der Waals surface area contributed by atoms with Crippen molar-refractivity contribution in [2.75, 3.05) is 0 Å². The van der Waals surface area contributed by atoms with Crippen LogP contribution >= 0.6 is 0 Å². The molecule has 0 aliphatic carbocycles. The minimum Gasteiger partial charge on any atom is -0.508 e. The van der Waals surface area contributed by atoms with Crippen molar-refractivity contribution < 1.29 is 5.11 Å². The Morgan fingerprint density at radius 3 is 2.82 bits per heavy atom. The third-order valence-corrected chi connectivity index (χ3v) is 1.56. The number of phenols is 1. The Bertz CT molecular complexity index is 288. The van der Waals surface area contributed by atoms with E-state index in [0.29, 0.717) is 0 Å². The van der Waals surface area contributed by atoms with Crippen LogP contribution in [0.15, 0.2) is 24.3 Å². The summed E-state index contributed by atoms with van der Waals surface area (Å²) in [5.41, 5.74) is 0.854. The molecule has 1 atom stereocenters. The average molecular weight is 147 g/mol. The summed E-state index contributed by atoms with van der Waals surface area (Å²) in [6.45, 7) is 1.80. The monoisotopic (exact) mass is 147 g/mol. The SMILES string of the molecule is C[C@H](C#N)c1cccc(O)c1. The zero-order valence-electron chi connectivity index (χ0n) is 6.28. The molecule has 0 aliphatic heterocycles. The highest BCUT2D eigenvalue weighted by Crippen LogP contribution is 2.18. The quantitative estimate of drug-likeness (QED) is 0.660. The number of nitriles is 1. The molecular weight excluding hydrogens is 138 g/mol. The van der Waals surface area contributed by atoms with Crippen LogP contribution in [0.1, 0.15) is 18.4 Å². The van der Waals surface area contributed by atoms with E-state index in [1.807, 2.05) is 6.07 Å². The largest absolute Gasteiger partial charge is 0.508 e. The Morgan fingerprint density at radius 1 is 1.55 bits per heavy atom. The third-order valence-electron chi connectivity index (χ3n) is 1.56. The van der Waals surface area contributed by atoms with Crippen molar-refractivity contribution in [3.8, 4) is 11.8 Å². The maximum absolute atomic E-state index is 9.05. The van der Waals surface area contributed by atoms with Gasteiger partial charge in [-0.25, -0.2) is 0 Å².